The molecule has 6 heteroatoms. The van der Waals surface area contributed by atoms with Crippen LogP contribution in [0.5, 0.6) is 0 Å². The van der Waals surface area contributed by atoms with Crippen molar-refractivity contribution in [2.24, 2.45) is 0 Å². The molecule has 6 nitrogen and oxygen atoms in total. The Balaban J connectivity index is 2.48. The molecule has 1 rings (SSSR count). The molecule has 0 fully saturated rings. The molecule has 142 valence electrons. The highest BCUT2D eigenvalue weighted by Crippen LogP contribution is 2.17. The number of nitrogens with one attached hydrogen (secondary N) is 1. The number of hydrogen-bond acceptors (Lipinski definition) is 5. The molecular weight excluding hydrogens is 316 g/mol. The first-order valence-corrected chi connectivity index (χ1v) is 8.92. The minimum atomic E-state index is -0.482. The van der Waals surface area contributed by atoms with Crippen LogP contribution in [-0.4, -0.2) is 45.7 Å². The maximum Gasteiger partial charge on any atom is 0.410 e. The fourth-order valence-corrected chi connectivity index (χ4v) is 2.15. The van der Waals surface area contributed by atoms with Crippen LogP contribution < -0.4 is 5.32 Å². The summed E-state index contributed by atoms with van der Waals surface area (Å²) in [4.78, 5) is 22.8. The zero-order chi connectivity index (χ0) is 19.3. The Morgan fingerprint density at radius 3 is 2.16 bits per heavy atom. The van der Waals surface area contributed by atoms with E-state index in [1.165, 1.54) is 0 Å². The summed E-state index contributed by atoms with van der Waals surface area (Å²) in [6, 6.07) is 0.0889. The van der Waals surface area contributed by atoms with Gasteiger partial charge in [-0.25, -0.2) is 14.8 Å². The average molecular weight is 351 g/mol. The topological polar surface area (TPSA) is 67.3 Å². The molecule has 1 N–H and O–H groups in total. The minimum absolute atomic E-state index is 0.0445. The number of amides is 1. The lowest BCUT2D eigenvalue weighted by molar-refractivity contribution is 0.0193. The molecular formula is C19H34N4O2. The first-order chi connectivity index (χ1) is 11.4. The molecule has 0 aliphatic rings. The van der Waals surface area contributed by atoms with Gasteiger partial charge in [-0.05, 0) is 34.6 Å². The quantitative estimate of drug-likeness (QED) is 0.795. The smallest absolute Gasteiger partial charge is 0.410 e. The number of carbonyl (C=O) groups is 1. The van der Waals surface area contributed by atoms with Crippen molar-refractivity contribution in [2.75, 3.05) is 13.1 Å². The van der Waals surface area contributed by atoms with Gasteiger partial charge in [0.1, 0.15) is 11.4 Å². The van der Waals surface area contributed by atoms with Crippen molar-refractivity contribution in [1.82, 2.24) is 20.2 Å². The van der Waals surface area contributed by atoms with Crippen molar-refractivity contribution >= 4 is 6.09 Å². The lowest BCUT2D eigenvalue weighted by atomic mass is 9.96. The highest BCUT2D eigenvalue weighted by molar-refractivity contribution is 5.68. The maximum absolute atomic E-state index is 12.3. The van der Waals surface area contributed by atoms with Crippen LogP contribution in [0.2, 0.25) is 0 Å². The van der Waals surface area contributed by atoms with Gasteiger partial charge < -0.3 is 15.0 Å². The van der Waals surface area contributed by atoms with Crippen molar-refractivity contribution in [2.45, 2.75) is 79.0 Å². The second-order valence-electron chi connectivity index (χ2n) is 8.61. The summed E-state index contributed by atoms with van der Waals surface area (Å²) < 4.78 is 5.46. The molecule has 0 spiro atoms. The van der Waals surface area contributed by atoms with Crippen molar-refractivity contribution in [3.8, 4) is 0 Å². The van der Waals surface area contributed by atoms with Crippen LogP contribution in [0.1, 0.15) is 66.8 Å². The summed E-state index contributed by atoms with van der Waals surface area (Å²) in [7, 11) is 0. The number of carbonyl (C=O) groups excluding carboxylic acids is 1. The molecule has 1 aromatic rings. The summed E-state index contributed by atoms with van der Waals surface area (Å²) >= 11 is 0. The standard InChI is InChI=1S/C19H34N4O2/c1-14(2)23(17(24)25-19(6,7)8)10-9-20-11-15-12-21-16(22-13-15)18(3,4)5/h12-14,20H,9-11H2,1-8H3. The summed E-state index contributed by atoms with van der Waals surface area (Å²) in [6.45, 7) is 17.8. The molecule has 0 saturated heterocycles. The molecule has 0 aromatic carbocycles. The summed E-state index contributed by atoms with van der Waals surface area (Å²) in [6.07, 6.45) is 3.44. The van der Waals surface area contributed by atoms with Gasteiger partial charge in [-0.3, -0.25) is 0 Å². The van der Waals surface area contributed by atoms with Gasteiger partial charge in [0.15, 0.2) is 0 Å². The molecule has 1 aromatic heterocycles. The van der Waals surface area contributed by atoms with Crippen LogP contribution in [-0.2, 0) is 16.7 Å². The van der Waals surface area contributed by atoms with Gasteiger partial charge in [-0.15, -0.1) is 0 Å². The van der Waals surface area contributed by atoms with Crippen LogP contribution in [0.4, 0.5) is 4.79 Å². The van der Waals surface area contributed by atoms with E-state index in [1.807, 2.05) is 47.0 Å². The molecule has 0 bridgehead atoms. The van der Waals surface area contributed by atoms with E-state index in [1.54, 1.807) is 4.90 Å². The first-order valence-electron chi connectivity index (χ1n) is 8.92. The third-order valence-electron chi connectivity index (χ3n) is 3.49. The Labute approximate surface area is 152 Å². The molecule has 0 aliphatic heterocycles. The predicted molar refractivity (Wildman–Crippen MR) is 101 cm³/mol. The Morgan fingerprint density at radius 2 is 1.72 bits per heavy atom. The lowest BCUT2D eigenvalue weighted by Crippen LogP contribution is -2.44. The normalized spacial score (nSPS) is 12.4. The zero-order valence-electron chi connectivity index (χ0n) is 17.0. The monoisotopic (exact) mass is 350 g/mol. The van der Waals surface area contributed by atoms with Crippen molar-refractivity contribution < 1.29 is 9.53 Å². The highest BCUT2D eigenvalue weighted by Gasteiger charge is 2.23. The van der Waals surface area contributed by atoms with Crippen LogP contribution in [0.3, 0.4) is 0 Å². The summed E-state index contributed by atoms with van der Waals surface area (Å²) in [5.74, 6) is 0.840. The second-order valence-corrected chi connectivity index (χ2v) is 8.61. The zero-order valence-corrected chi connectivity index (χ0v) is 17.0. The van der Waals surface area contributed by atoms with E-state index < -0.39 is 5.60 Å². The molecule has 0 aliphatic carbocycles. The number of aromatic nitrogens is 2. The second kappa shape index (κ2) is 8.61. The van der Waals surface area contributed by atoms with E-state index in [0.717, 1.165) is 11.4 Å². The van der Waals surface area contributed by atoms with Gasteiger partial charge in [0, 0.05) is 49.0 Å². The number of rotatable bonds is 6. The molecule has 1 amide bonds. The number of ether oxygens (including phenoxy) is 1. The fraction of sp³-hybridized carbons (Fsp3) is 0.737. The maximum atomic E-state index is 12.3. The Hall–Kier alpha value is -1.69. The van der Waals surface area contributed by atoms with Crippen LogP contribution in [0.15, 0.2) is 12.4 Å². The Morgan fingerprint density at radius 1 is 1.16 bits per heavy atom. The van der Waals surface area contributed by atoms with Gasteiger partial charge in [0.25, 0.3) is 0 Å². The molecule has 0 radical (unpaired) electrons. The molecule has 1 heterocycles. The van der Waals surface area contributed by atoms with Crippen molar-refractivity contribution in [3.63, 3.8) is 0 Å². The van der Waals surface area contributed by atoms with Gasteiger partial charge >= 0.3 is 6.09 Å². The van der Waals surface area contributed by atoms with Crippen LogP contribution in [0.25, 0.3) is 0 Å². The lowest BCUT2D eigenvalue weighted by Gasteiger charge is -2.30. The fourth-order valence-electron chi connectivity index (χ4n) is 2.15. The number of hydrogen-bond donors (Lipinski definition) is 1. The third-order valence-corrected chi connectivity index (χ3v) is 3.49. The highest BCUT2D eigenvalue weighted by atomic mass is 16.6. The largest absolute Gasteiger partial charge is 0.444 e. The first kappa shape index (κ1) is 21.4. The van der Waals surface area contributed by atoms with Gasteiger partial charge in [0.05, 0.1) is 0 Å². The summed E-state index contributed by atoms with van der Waals surface area (Å²) in [5.41, 5.74) is 0.502. The van der Waals surface area contributed by atoms with Gasteiger partial charge in [-0.1, -0.05) is 20.8 Å². The van der Waals surface area contributed by atoms with Gasteiger partial charge in [0.2, 0.25) is 0 Å². The van der Waals surface area contributed by atoms with Crippen molar-refractivity contribution in [1.29, 1.82) is 0 Å². The van der Waals surface area contributed by atoms with E-state index >= 15 is 0 Å². The predicted octanol–water partition coefficient (Wildman–Crippen LogP) is 3.51. The van der Waals surface area contributed by atoms with Crippen molar-refractivity contribution in [3.05, 3.63) is 23.8 Å². The average Bonchev–Trinajstić information content (AvgIpc) is 2.44. The minimum Gasteiger partial charge on any atom is -0.444 e. The Bertz CT molecular complexity index is 542. The molecule has 0 atom stereocenters. The van der Waals surface area contributed by atoms with E-state index in [2.05, 4.69) is 36.1 Å². The molecule has 25 heavy (non-hydrogen) atoms. The van der Waals surface area contributed by atoms with E-state index in [9.17, 15) is 4.79 Å². The van der Waals surface area contributed by atoms with E-state index in [0.29, 0.717) is 19.6 Å². The van der Waals surface area contributed by atoms with Crippen LogP contribution in [0, 0.1) is 0 Å². The molecule has 0 unspecified atom stereocenters. The summed E-state index contributed by atoms with van der Waals surface area (Å²) in [5, 5.41) is 3.33. The van der Waals surface area contributed by atoms with Crippen LogP contribution >= 0.6 is 0 Å². The number of nitrogens with zero attached hydrogens (tertiary/aromatic N) is 3. The van der Waals surface area contributed by atoms with E-state index in [4.69, 9.17) is 4.74 Å². The van der Waals surface area contributed by atoms with Gasteiger partial charge in [-0.2, -0.15) is 0 Å². The Kier molecular flexibility index (Phi) is 7.35. The van der Waals surface area contributed by atoms with E-state index in [-0.39, 0.29) is 17.6 Å². The third kappa shape index (κ3) is 7.82. The SMILES string of the molecule is CC(C)N(CCNCc1cnc(C(C)(C)C)nc1)C(=O)OC(C)(C)C. The molecule has 0 saturated carbocycles.